The summed E-state index contributed by atoms with van der Waals surface area (Å²) in [5, 5.41) is 3.59. The molecule has 1 amide bonds. The number of halogens is 1. The Labute approximate surface area is 154 Å². The maximum Gasteiger partial charge on any atom is 0.261 e. The van der Waals surface area contributed by atoms with Crippen LogP contribution in [-0.2, 0) is 17.6 Å². The van der Waals surface area contributed by atoms with E-state index in [-0.39, 0.29) is 11.9 Å². The number of carbonyl (C=O) groups excluding carboxylic acids is 1. The summed E-state index contributed by atoms with van der Waals surface area (Å²) in [4.78, 5) is 12.6. The number of amides is 1. The molecule has 0 aliphatic heterocycles. The van der Waals surface area contributed by atoms with Gasteiger partial charge in [0.2, 0.25) is 0 Å². The third-order valence-corrected chi connectivity index (χ3v) is 5.06. The van der Waals surface area contributed by atoms with Crippen molar-refractivity contribution in [3.8, 4) is 5.75 Å². The molecule has 2 aromatic carbocycles. The lowest BCUT2D eigenvalue weighted by Crippen LogP contribution is -2.39. The number of hydrogen-bond donors (Lipinski definition) is 1. The van der Waals surface area contributed by atoms with Crippen molar-refractivity contribution in [2.75, 3.05) is 0 Å². The van der Waals surface area contributed by atoms with Crippen molar-refractivity contribution in [2.45, 2.75) is 51.7 Å². The smallest absolute Gasteiger partial charge is 0.261 e. The van der Waals surface area contributed by atoms with Gasteiger partial charge in [-0.05, 0) is 61.4 Å². The molecule has 0 saturated heterocycles. The van der Waals surface area contributed by atoms with Crippen LogP contribution in [0.15, 0.2) is 42.5 Å². The highest BCUT2D eigenvalue weighted by atomic mass is 35.5. The molecule has 0 spiro atoms. The van der Waals surface area contributed by atoms with E-state index in [0.717, 1.165) is 12.0 Å². The van der Waals surface area contributed by atoms with Crippen LogP contribution < -0.4 is 10.1 Å². The van der Waals surface area contributed by atoms with E-state index in [4.69, 9.17) is 16.3 Å². The average Bonchev–Trinajstić information content (AvgIpc) is 3.08. The van der Waals surface area contributed by atoms with Crippen LogP contribution in [0.5, 0.6) is 5.75 Å². The van der Waals surface area contributed by atoms with E-state index >= 15 is 0 Å². The topological polar surface area (TPSA) is 38.3 Å². The predicted molar refractivity (Wildman–Crippen MR) is 101 cm³/mol. The number of nitrogens with one attached hydrogen (secondary N) is 1. The number of fused-ring (bicyclic) bond motifs is 1. The van der Waals surface area contributed by atoms with Crippen molar-refractivity contribution in [2.24, 2.45) is 0 Å². The minimum atomic E-state index is -0.559. The van der Waals surface area contributed by atoms with Gasteiger partial charge in [0.1, 0.15) is 5.75 Å². The average molecular weight is 358 g/mol. The quantitative estimate of drug-likeness (QED) is 0.801. The largest absolute Gasteiger partial charge is 0.479 e. The summed E-state index contributed by atoms with van der Waals surface area (Å²) in [5.41, 5.74) is 4.00. The monoisotopic (exact) mass is 357 g/mol. The molecule has 2 aromatic rings. The van der Waals surface area contributed by atoms with E-state index in [0.29, 0.717) is 17.2 Å². The van der Waals surface area contributed by atoms with Crippen LogP contribution in [0.1, 0.15) is 49.4 Å². The maximum atomic E-state index is 12.6. The van der Waals surface area contributed by atoms with Crippen LogP contribution in [0.25, 0.3) is 0 Å². The van der Waals surface area contributed by atoms with Gasteiger partial charge in [0.15, 0.2) is 6.10 Å². The van der Waals surface area contributed by atoms with Crippen molar-refractivity contribution in [3.63, 3.8) is 0 Å². The number of hydrogen-bond acceptors (Lipinski definition) is 2. The van der Waals surface area contributed by atoms with Gasteiger partial charge in [0.25, 0.3) is 5.91 Å². The molecule has 0 unspecified atom stereocenters. The van der Waals surface area contributed by atoms with Gasteiger partial charge >= 0.3 is 0 Å². The Kier molecular flexibility index (Phi) is 5.64. The summed E-state index contributed by atoms with van der Waals surface area (Å²) < 4.78 is 5.82. The summed E-state index contributed by atoms with van der Waals surface area (Å²) in [6.45, 7) is 3.94. The zero-order valence-corrected chi connectivity index (χ0v) is 15.5. The zero-order chi connectivity index (χ0) is 17.8. The highest BCUT2D eigenvalue weighted by molar-refractivity contribution is 6.32. The normalized spacial score (nSPS) is 15.3. The van der Waals surface area contributed by atoms with Crippen molar-refractivity contribution in [3.05, 3.63) is 64.2 Å². The molecule has 1 N–H and O–H groups in total. The van der Waals surface area contributed by atoms with Crippen LogP contribution in [0.3, 0.4) is 0 Å². The van der Waals surface area contributed by atoms with Crippen LogP contribution in [0.2, 0.25) is 5.02 Å². The van der Waals surface area contributed by atoms with Gasteiger partial charge in [-0.15, -0.1) is 0 Å². The zero-order valence-electron chi connectivity index (χ0n) is 14.7. The molecule has 0 fully saturated rings. The summed E-state index contributed by atoms with van der Waals surface area (Å²) >= 11 is 6.13. The van der Waals surface area contributed by atoms with E-state index in [1.807, 2.05) is 26.0 Å². The van der Waals surface area contributed by atoms with E-state index in [2.05, 4.69) is 23.5 Å². The first kappa shape index (κ1) is 17.8. The highest BCUT2D eigenvalue weighted by Crippen LogP contribution is 2.27. The molecule has 0 aromatic heterocycles. The fourth-order valence-corrected chi connectivity index (χ4v) is 3.45. The molecule has 0 saturated carbocycles. The molecule has 4 heteroatoms. The third-order valence-electron chi connectivity index (χ3n) is 4.75. The second-order valence-corrected chi connectivity index (χ2v) is 6.96. The van der Waals surface area contributed by atoms with E-state index in [1.165, 1.54) is 24.0 Å². The Balaban J connectivity index is 1.66. The fraction of sp³-hybridized carbons (Fsp3) is 0.381. The van der Waals surface area contributed by atoms with Crippen molar-refractivity contribution >= 4 is 17.5 Å². The van der Waals surface area contributed by atoms with Gasteiger partial charge in [-0.25, -0.2) is 0 Å². The molecule has 2 atom stereocenters. The molecule has 25 heavy (non-hydrogen) atoms. The molecule has 0 radical (unpaired) electrons. The molecule has 0 heterocycles. The number of benzene rings is 2. The second kappa shape index (κ2) is 7.92. The Morgan fingerprint density at radius 1 is 1.20 bits per heavy atom. The second-order valence-electron chi connectivity index (χ2n) is 6.56. The van der Waals surface area contributed by atoms with Crippen LogP contribution in [0, 0.1) is 0 Å². The van der Waals surface area contributed by atoms with Crippen molar-refractivity contribution in [1.82, 2.24) is 5.32 Å². The highest BCUT2D eigenvalue weighted by Gasteiger charge is 2.22. The van der Waals surface area contributed by atoms with Crippen LogP contribution in [0.4, 0.5) is 0 Å². The molecule has 3 rings (SSSR count). The first-order valence-corrected chi connectivity index (χ1v) is 9.29. The van der Waals surface area contributed by atoms with Gasteiger partial charge in [0.05, 0.1) is 11.1 Å². The molecule has 3 nitrogen and oxygen atoms in total. The van der Waals surface area contributed by atoms with E-state index in [9.17, 15) is 4.79 Å². The lowest BCUT2D eigenvalue weighted by atomic mass is 10.0. The summed E-state index contributed by atoms with van der Waals surface area (Å²) in [5.74, 6) is 0.423. The molecule has 132 valence electrons. The first-order valence-electron chi connectivity index (χ1n) is 8.91. The maximum absolute atomic E-state index is 12.6. The van der Waals surface area contributed by atoms with Crippen LogP contribution >= 0.6 is 11.6 Å². The fourth-order valence-electron chi connectivity index (χ4n) is 3.27. The van der Waals surface area contributed by atoms with Gasteiger partial charge < -0.3 is 10.1 Å². The summed E-state index contributed by atoms with van der Waals surface area (Å²) in [6, 6.07) is 13.7. The number of rotatable bonds is 6. The third kappa shape index (κ3) is 4.16. The molecular weight excluding hydrogens is 334 g/mol. The molecule has 1 aliphatic rings. The van der Waals surface area contributed by atoms with Crippen molar-refractivity contribution < 1.29 is 9.53 Å². The molecule has 1 aliphatic carbocycles. The van der Waals surface area contributed by atoms with Crippen molar-refractivity contribution in [1.29, 1.82) is 0 Å². The Morgan fingerprint density at radius 3 is 2.72 bits per heavy atom. The SMILES string of the molecule is CC[C@@H](Oc1ccccc1Cl)C(=O)N[C@@H](C)c1ccc2c(c1)CCC2. The summed E-state index contributed by atoms with van der Waals surface area (Å²) in [6.07, 6.45) is 3.55. The minimum absolute atomic E-state index is 0.0534. The first-order chi connectivity index (χ1) is 12.1. The lowest BCUT2D eigenvalue weighted by molar-refractivity contribution is -0.128. The Morgan fingerprint density at radius 2 is 1.96 bits per heavy atom. The van der Waals surface area contributed by atoms with Gasteiger partial charge in [-0.1, -0.05) is 48.9 Å². The predicted octanol–water partition coefficient (Wildman–Crippen LogP) is 4.86. The minimum Gasteiger partial charge on any atom is -0.479 e. The number of aryl methyl sites for hydroxylation is 2. The number of para-hydroxylation sites is 1. The molecule has 0 bridgehead atoms. The van der Waals surface area contributed by atoms with Gasteiger partial charge in [0, 0.05) is 0 Å². The standard InChI is InChI=1S/C21H24ClNO2/c1-3-19(25-20-10-5-4-9-18(20)22)21(24)23-14(2)16-12-11-15-7-6-8-17(15)13-16/h4-5,9-14,19H,3,6-8H2,1-2H3,(H,23,24)/t14-,19+/m0/s1. The Hall–Kier alpha value is -2.00. The van der Waals surface area contributed by atoms with Crippen LogP contribution in [-0.4, -0.2) is 12.0 Å². The van der Waals surface area contributed by atoms with E-state index in [1.54, 1.807) is 12.1 Å². The summed E-state index contributed by atoms with van der Waals surface area (Å²) in [7, 11) is 0. The van der Waals surface area contributed by atoms with Gasteiger partial charge in [-0.3, -0.25) is 4.79 Å². The van der Waals surface area contributed by atoms with Gasteiger partial charge in [-0.2, -0.15) is 0 Å². The van der Waals surface area contributed by atoms with E-state index < -0.39 is 6.10 Å². The number of carbonyl (C=O) groups is 1. The number of ether oxygens (including phenoxy) is 1. The molecular formula is C21H24ClNO2. The Bertz CT molecular complexity index is 759. The lowest BCUT2D eigenvalue weighted by Gasteiger charge is -2.21.